The van der Waals surface area contributed by atoms with E-state index in [2.05, 4.69) is 20.5 Å². The highest BCUT2D eigenvalue weighted by molar-refractivity contribution is 6.00. The molecular formula is C20H19F3N4O2. The third kappa shape index (κ3) is 3.82. The lowest BCUT2D eigenvalue weighted by atomic mass is 9.92. The summed E-state index contributed by atoms with van der Waals surface area (Å²) in [6.07, 6.45) is -0.929. The number of aromatic hydroxyl groups is 1. The molecule has 3 aromatic rings. The quantitative estimate of drug-likeness (QED) is 0.608. The molecule has 2 atom stereocenters. The van der Waals surface area contributed by atoms with Crippen molar-refractivity contribution in [1.29, 1.82) is 0 Å². The second-order valence-corrected chi connectivity index (χ2v) is 7.13. The van der Waals surface area contributed by atoms with Gasteiger partial charge in [-0.25, -0.2) is 4.98 Å². The molecule has 1 aromatic carbocycles. The Morgan fingerprint density at radius 3 is 2.41 bits per heavy atom. The minimum absolute atomic E-state index is 0.0778. The van der Waals surface area contributed by atoms with Crippen molar-refractivity contribution < 1.29 is 23.4 Å². The first kappa shape index (κ1) is 19.4. The lowest BCUT2D eigenvalue weighted by molar-refractivity contribution is -0.137. The summed E-state index contributed by atoms with van der Waals surface area (Å²) in [5.41, 5.74) is -0.937. The zero-order chi connectivity index (χ0) is 20.6. The third-order valence-electron chi connectivity index (χ3n) is 5.16. The van der Waals surface area contributed by atoms with E-state index in [4.69, 9.17) is 0 Å². The molecule has 2 heterocycles. The number of hydrogen-bond donors (Lipinski definition) is 3. The van der Waals surface area contributed by atoms with Crippen LogP contribution < -0.4 is 5.32 Å². The Morgan fingerprint density at radius 1 is 1.00 bits per heavy atom. The van der Waals surface area contributed by atoms with E-state index in [0.717, 1.165) is 19.3 Å². The molecule has 9 heteroatoms. The summed E-state index contributed by atoms with van der Waals surface area (Å²) < 4.78 is 38.6. The van der Waals surface area contributed by atoms with E-state index < -0.39 is 23.6 Å². The number of nitrogens with zero attached hydrogens (tertiary/aromatic N) is 3. The number of alkyl halides is 3. The fourth-order valence-corrected chi connectivity index (χ4v) is 3.63. The van der Waals surface area contributed by atoms with Crippen LogP contribution in [0.2, 0.25) is 0 Å². The number of hydrogen-bond acceptors (Lipinski definition) is 6. The summed E-state index contributed by atoms with van der Waals surface area (Å²) in [4.78, 5) is 3.79. The molecule has 3 N–H and O–H groups in total. The van der Waals surface area contributed by atoms with Crippen LogP contribution in [-0.2, 0) is 6.18 Å². The van der Waals surface area contributed by atoms with Gasteiger partial charge in [-0.2, -0.15) is 13.2 Å². The standard InChI is InChI=1S/C20H19F3N4O2/c21-20(22,23)11-9-16(29)18(24-10-11)17-12-5-1-2-6-13(12)19(27-26-17)25-14-7-3-4-8-15(14)28/h1-2,5-6,9-10,14-15,28-29H,3-4,7-8H2,(H,25,27)/t14-,15-/m1/s1. The van der Waals surface area contributed by atoms with Crippen molar-refractivity contribution in [3.05, 3.63) is 42.1 Å². The Morgan fingerprint density at radius 2 is 1.72 bits per heavy atom. The molecule has 0 unspecified atom stereocenters. The Labute approximate surface area is 164 Å². The fourth-order valence-electron chi connectivity index (χ4n) is 3.63. The van der Waals surface area contributed by atoms with Gasteiger partial charge in [0, 0.05) is 17.0 Å². The number of pyridine rings is 1. The van der Waals surface area contributed by atoms with Crippen molar-refractivity contribution in [3.8, 4) is 17.1 Å². The fraction of sp³-hybridized carbons (Fsp3) is 0.350. The van der Waals surface area contributed by atoms with Gasteiger partial charge in [0.25, 0.3) is 0 Å². The second kappa shape index (κ2) is 7.47. The molecular weight excluding hydrogens is 385 g/mol. The molecule has 4 rings (SSSR count). The molecule has 1 aliphatic rings. The summed E-state index contributed by atoms with van der Waals surface area (Å²) in [5, 5.41) is 33.2. The molecule has 1 aliphatic carbocycles. The van der Waals surface area contributed by atoms with Crippen LogP contribution >= 0.6 is 0 Å². The summed E-state index contributed by atoms with van der Waals surface area (Å²) in [6.45, 7) is 0. The summed E-state index contributed by atoms with van der Waals surface area (Å²) in [7, 11) is 0. The van der Waals surface area contributed by atoms with E-state index in [1.54, 1.807) is 24.3 Å². The molecule has 0 amide bonds. The summed E-state index contributed by atoms with van der Waals surface area (Å²) in [5.74, 6) is -0.149. The number of rotatable bonds is 3. The number of fused-ring (bicyclic) bond motifs is 1. The number of benzene rings is 1. The molecule has 0 aliphatic heterocycles. The maximum Gasteiger partial charge on any atom is 0.418 e. The predicted octanol–water partition coefficient (Wildman–Crippen LogP) is 4.13. The van der Waals surface area contributed by atoms with E-state index in [1.165, 1.54) is 0 Å². The van der Waals surface area contributed by atoms with Gasteiger partial charge in [-0.15, -0.1) is 10.2 Å². The second-order valence-electron chi connectivity index (χ2n) is 7.13. The lowest BCUT2D eigenvalue weighted by Gasteiger charge is -2.29. The topological polar surface area (TPSA) is 91.2 Å². The SMILES string of the molecule is Oc1cc(C(F)(F)F)cnc1-c1nnc(N[C@@H]2CCCC[C@H]2O)c2ccccc12. The summed E-state index contributed by atoms with van der Waals surface area (Å²) in [6, 6.07) is 7.57. The average molecular weight is 404 g/mol. The van der Waals surface area contributed by atoms with Crippen molar-refractivity contribution in [2.75, 3.05) is 5.32 Å². The highest BCUT2D eigenvalue weighted by atomic mass is 19.4. The van der Waals surface area contributed by atoms with Crippen molar-refractivity contribution >= 4 is 16.6 Å². The molecule has 1 fully saturated rings. The van der Waals surface area contributed by atoms with E-state index in [0.29, 0.717) is 35.3 Å². The summed E-state index contributed by atoms with van der Waals surface area (Å²) >= 11 is 0. The molecule has 152 valence electrons. The van der Waals surface area contributed by atoms with Crippen LogP contribution in [0.15, 0.2) is 36.5 Å². The smallest absolute Gasteiger partial charge is 0.418 e. The van der Waals surface area contributed by atoms with Gasteiger partial charge in [0.15, 0.2) is 5.82 Å². The minimum Gasteiger partial charge on any atom is -0.506 e. The Kier molecular flexibility index (Phi) is 4.99. The first-order valence-electron chi connectivity index (χ1n) is 9.31. The van der Waals surface area contributed by atoms with E-state index in [-0.39, 0.29) is 17.4 Å². The number of nitrogens with one attached hydrogen (secondary N) is 1. The Bertz CT molecular complexity index is 1040. The van der Waals surface area contributed by atoms with Gasteiger partial charge >= 0.3 is 6.18 Å². The number of halogens is 3. The Hall–Kier alpha value is -2.94. The van der Waals surface area contributed by atoms with Crippen LogP contribution in [-0.4, -0.2) is 37.5 Å². The zero-order valence-electron chi connectivity index (χ0n) is 15.3. The molecule has 29 heavy (non-hydrogen) atoms. The zero-order valence-corrected chi connectivity index (χ0v) is 15.3. The number of anilines is 1. The van der Waals surface area contributed by atoms with Crippen LogP contribution in [0.25, 0.3) is 22.2 Å². The highest BCUT2D eigenvalue weighted by Crippen LogP contribution is 2.37. The normalized spacial score (nSPS) is 20.0. The number of aromatic nitrogens is 3. The highest BCUT2D eigenvalue weighted by Gasteiger charge is 2.32. The van der Waals surface area contributed by atoms with E-state index >= 15 is 0 Å². The van der Waals surface area contributed by atoms with Crippen LogP contribution in [0.4, 0.5) is 19.0 Å². The molecule has 0 bridgehead atoms. The van der Waals surface area contributed by atoms with Gasteiger partial charge < -0.3 is 15.5 Å². The van der Waals surface area contributed by atoms with Gasteiger partial charge in [0.2, 0.25) is 0 Å². The van der Waals surface area contributed by atoms with Gasteiger partial charge in [-0.1, -0.05) is 37.1 Å². The Balaban J connectivity index is 1.76. The first-order valence-corrected chi connectivity index (χ1v) is 9.31. The van der Waals surface area contributed by atoms with Crippen LogP contribution in [0, 0.1) is 0 Å². The lowest BCUT2D eigenvalue weighted by Crippen LogP contribution is -2.36. The maximum atomic E-state index is 12.9. The largest absolute Gasteiger partial charge is 0.506 e. The van der Waals surface area contributed by atoms with Crippen molar-refractivity contribution in [2.45, 2.75) is 44.0 Å². The van der Waals surface area contributed by atoms with Crippen LogP contribution in [0.1, 0.15) is 31.2 Å². The molecule has 0 saturated heterocycles. The van der Waals surface area contributed by atoms with Gasteiger partial charge in [-0.05, 0) is 18.9 Å². The van der Waals surface area contributed by atoms with Crippen molar-refractivity contribution in [2.24, 2.45) is 0 Å². The third-order valence-corrected chi connectivity index (χ3v) is 5.16. The maximum absolute atomic E-state index is 12.9. The average Bonchev–Trinajstić information content (AvgIpc) is 2.69. The minimum atomic E-state index is -4.61. The van der Waals surface area contributed by atoms with E-state index in [9.17, 15) is 23.4 Å². The molecule has 2 aromatic heterocycles. The molecule has 6 nitrogen and oxygen atoms in total. The first-order chi connectivity index (χ1) is 13.8. The van der Waals surface area contributed by atoms with Crippen molar-refractivity contribution in [3.63, 3.8) is 0 Å². The van der Waals surface area contributed by atoms with Gasteiger partial charge in [0.1, 0.15) is 17.1 Å². The molecule has 1 saturated carbocycles. The van der Waals surface area contributed by atoms with Gasteiger partial charge in [0.05, 0.1) is 17.7 Å². The number of aliphatic hydroxyl groups excluding tert-OH is 1. The monoisotopic (exact) mass is 404 g/mol. The molecule has 0 spiro atoms. The molecule has 0 radical (unpaired) electrons. The predicted molar refractivity (Wildman–Crippen MR) is 101 cm³/mol. The van der Waals surface area contributed by atoms with Crippen molar-refractivity contribution in [1.82, 2.24) is 15.2 Å². The number of aliphatic hydroxyl groups is 1. The van der Waals surface area contributed by atoms with Gasteiger partial charge in [-0.3, -0.25) is 0 Å². The van der Waals surface area contributed by atoms with E-state index in [1.807, 2.05) is 0 Å². The van der Waals surface area contributed by atoms with Crippen LogP contribution in [0.5, 0.6) is 5.75 Å². The van der Waals surface area contributed by atoms with Crippen LogP contribution in [0.3, 0.4) is 0 Å².